The topological polar surface area (TPSA) is 295 Å². The number of aliphatic hydroxyl groups is 11. The lowest BCUT2D eigenvalue weighted by atomic mass is 9.29. The van der Waals surface area contributed by atoms with Gasteiger partial charge in [0.25, 0.3) is 0 Å². The minimum Gasteiger partial charge on any atom is -0.432 e. The maximum atomic E-state index is 15.0. The van der Waals surface area contributed by atoms with E-state index in [1.54, 1.807) is 0 Å². The predicted octanol–water partition coefficient (Wildman–Crippen LogP) is 0.531. The average Bonchev–Trinajstić information content (AvgIpc) is 3.28. The molecule has 3 heterocycles. The number of carbonyl (C=O) groups is 1. The molecule has 384 valence electrons. The van der Waals surface area contributed by atoms with E-state index in [4.69, 9.17) is 28.4 Å². The van der Waals surface area contributed by atoms with Gasteiger partial charge in [0.05, 0.1) is 37.4 Å². The van der Waals surface area contributed by atoms with Crippen LogP contribution in [0.1, 0.15) is 120 Å². The molecule has 4 saturated carbocycles. The summed E-state index contributed by atoms with van der Waals surface area (Å²) in [4.78, 5) is 15.0. The van der Waals surface area contributed by atoms with Crippen LogP contribution in [0, 0.1) is 49.7 Å². The standard InChI is InChI=1S/C49H80O18/c1-23-30(53)32(55)35(58)40(63-23)66-38-26(20-50)64-39(37(60)34(38)57)62-21-27-31(54)33(56)36(59)41(65-27)67-42(61)49-17-15-43(2,3)19-25(49)24-9-13-48(8)46(6)12-11-29(52)44(4,22-51)28(46)10-14-47(48,7)45(24,5)16-18-49/h9,23,25-41,50-60H,10-22H2,1-8H3/t23-,25-,26+,27-,28+,29-,30+,31+,32-,33+,34-,35+,36-,37+,38+,39-,40-,41+,44+,45-,46+,47+,48-,49-/m1/s1. The Kier molecular flexibility index (Phi) is 13.9. The summed E-state index contributed by atoms with van der Waals surface area (Å²) >= 11 is 0. The number of hydrogen-bond donors (Lipinski definition) is 11. The van der Waals surface area contributed by atoms with Crippen molar-refractivity contribution >= 4 is 5.97 Å². The molecule has 24 atom stereocenters. The molecule has 3 aliphatic heterocycles. The maximum Gasteiger partial charge on any atom is 0.315 e. The molecule has 8 aliphatic rings. The summed E-state index contributed by atoms with van der Waals surface area (Å²) in [6, 6.07) is 0. The van der Waals surface area contributed by atoms with E-state index in [-0.39, 0.29) is 45.5 Å². The number of fused-ring (bicyclic) bond motifs is 7. The van der Waals surface area contributed by atoms with Crippen molar-refractivity contribution < 1.29 is 89.4 Å². The lowest BCUT2D eigenvalue weighted by molar-refractivity contribution is -0.361. The molecule has 8 rings (SSSR count). The molecular weight excluding hydrogens is 877 g/mol. The highest BCUT2D eigenvalue weighted by molar-refractivity contribution is 5.79. The third kappa shape index (κ3) is 7.75. The van der Waals surface area contributed by atoms with Crippen molar-refractivity contribution in [3.05, 3.63) is 11.6 Å². The van der Waals surface area contributed by atoms with Gasteiger partial charge in [0.2, 0.25) is 6.29 Å². The number of allylic oxidation sites excluding steroid dienone is 2. The van der Waals surface area contributed by atoms with Crippen LogP contribution in [-0.2, 0) is 33.2 Å². The summed E-state index contributed by atoms with van der Waals surface area (Å²) < 4.78 is 34.8. The summed E-state index contributed by atoms with van der Waals surface area (Å²) in [7, 11) is 0. The molecule has 11 N–H and O–H groups in total. The Hall–Kier alpha value is -1.43. The zero-order chi connectivity index (χ0) is 49.2. The third-order valence-electron chi connectivity index (χ3n) is 20.4. The van der Waals surface area contributed by atoms with E-state index in [9.17, 15) is 56.2 Å². The van der Waals surface area contributed by atoms with Gasteiger partial charge in [-0.1, -0.05) is 60.1 Å². The van der Waals surface area contributed by atoms with Gasteiger partial charge in [0.1, 0.15) is 67.1 Å². The second-order valence-corrected chi connectivity index (χ2v) is 23.9. The molecule has 67 heavy (non-hydrogen) atoms. The van der Waals surface area contributed by atoms with Gasteiger partial charge in [-0.05, 0) is 110 Å². The second-order valence-electron chi connectivity index (χ2n) is 23.9. The normalized spacial score (nSPS) is 55.2. The van der Waals surface area contributed by atoms with Crippen molar-refractivity contribution in [1.29, 1.82) is 0 Å². The van der Waals surface area contributed by atoms with Crippen LogP contribution in [0.3, 0.4) is 0 Å². The first-order valence-electron chi connectivity index (χ1n) is 24.7. The summed E-state index contributed by atoms with van der Waals surface area (Å²) in [5, 5.41) is 119. The Morgan fingerprint density at radius 3 is 1.97 bits per heavy atom. The maximum absolute atomic E-state index is 15.0. The van der Waals surface area contributed by atoms with Crippen molar-refractivity contribution in [3.63, 3.8) is 0 Å². The molecule has 0 aromatic rings. The molecule has 0 aromatic heterocycles. The Morgan fingerprint density at radius 2 is 1.30 bits per heavy atom. The number of carbonyl (C=O) groups excluding carboxylic acids is 1. The first-order chi connectivity index (χ1) is 31.2. The monoisotopic (exact) mass is 957 g/mol. The Bertz CT molecular complexity index is 1850. The van der Waals surface area contributed by atoms with Gasteiger partial charge in [-0.25, -0.2) is 0 Å². The predicted molar refractivity (Wildman–Crippen MR) is 235 cm³/mol. The van der Waals surface area contributed by atoms with E-state index in [0.29, 0.717) is 25.7 Å². The lowest BCUT2D eigenvalue weighted by Gasteiger charge is -2.75. The number of esters is 1. The number of hydrogen-bond acceptors (Lipinski definition) is 18. The molecule has 3 saturated heterocycles. The molecule has 0 unspecified atom stereocenters. The van der Waals surface area contributed by atoms with E-state index in [1.165, 1.54) is 12.5 Å². The summed E-state index contributed by atoms with van der Waals surface area (Å²) in [5.74, 6) is -0.627. The van der Waals surface area contributed by atoms with E-state index in [1.807, 2.05) is 0 Å². The van der Waals surface area contributed by atoms with Gasteiger partial charge in [-0.15, -0.1) is 0 Å². The minimum absolute atomic E-state index is 0.0705. The zero-order valence-corrected chi connectivity index (χ0v) is 40.4. The molecule has 18 nitrogen and oxygen atoms in total. The van der Waals surface area contributed by atoms with Crippen LogP contribution in [0.2, 0.25) is 0 Å². The second kappa shape index (κ2) is 17.9. The molecule has 7 fully saturated rings. The quantitative estimate of drug-likeness (QED) is 0.111. The molecule has 0 radical (unpaired) electrons. The van der Waals surface area contributed by atoms with Gasteiger partial charge in [-0.2, -0.15) is 0 Å². The molecule has 0 bridgehead atoms. The SMILES string of the molecule is C[C@H]1O[C@H](O[C@@H]2[C@H](O)[C@H](O)[C@H](OC[C@H]3O[C@@H](OC(=O)[C@@]45CCC(C)(C)C[C@@H]4C4=CC[C@@]6(C)[C@@](C)(CC[C@H]7[C@](C)(CO)[C@H](O)CC[C@@]76C)[C@]4(C)CC5)[C@H](O)[C@@H](O)[C@H]3O)O[C@H]2CO)[C@@H](O)[C@H](O)[C@H]1O. The molecule has 0 amide bonds. The molecule has 0 spiro atoms. The number of ether oxygens (including phenoxy) is 6. The van der Waals surface area contributed by atoms with Crippen LogP contribution in [0.25, 0.3) is 0 Å². The van der Waals surface area contributed by atoms with Crippen LogP contribution in [0.15, 0.2) is 11.6 Å². The number of aliphatic hydroxyl groups excluding tert-OH is 11. The third-order valence-corrected chi connectivity index (χ3v) is 20.4. The van der Waals surface area contributed by atoms with E-state index in [0.717, 1.165) is 38.5 Å². The van der Waals surface area contributed by atoms with Gasteiger partial charge < -0.3 is 84.6 Å². The fourth-order valence-electron chi connectivity index (χ4n) is 15.2. The Labute approximate surface area is 393 Å². The highest BCUT2D eigenvalue weighted by Gasteiger charge is 2.74. The van der Waals surface area contributed by atoms with Gasteiger partial charge >= 0.3 is 5.97 Å². The van der Waals surface area contributed by atoms with Crippen LogP contribution < -0.4 is 0 Å². The van der Waals surface area contributed by atoms with E-state index >= 15 is 4.79 Å². The van der Waals surface area contributed by atoms with Crippen molar-refractivity contribution in [1.82, 2.24) is 0 Å². The summed E-state index contributed by atoms with van der Waals surface area (Å²) in [6.45, 7) is 16.1. The molecule has 5 aliphatic carbocycles. The van der Waals surface area contributed by atoms with Crippen molar-refractivity contribution in [2.24, 2.45) is 49.7 Å². The van der Waals surface area contributed by atoms with E-state index in [2.05, 4.69) is 54.5 Å². The zero-order valence-electron chi connectivity index (χ0n) is 40.4. The van der Waals surface area contributed by atoms with Gasteiger partial charge in [0, 0.05) is 5.41 Å². The van der Waals surface area contributed by atoms with Crippen LogP contribution in [0.5, 0.6) is 0 Å². The van der Waals surface area contributed by atoms with Crippen LogP contribution in [0.4, 0.5) is 0 Å². The summed E-state index contributed by atoms with van der Waals surface area (Å²) in [5.41, 5.74) is -1.23. The highest BCUT2D eigenvalue weighted by Crippen LogP contribution is 2.80. The number of rotatable bonds is 9. The average molecular weight is 957 g/mol. The highest BCUT2D eigenvalue weighted by atomic mass is 16.8. The molecule has 0 aromatic carbocycles. The van der Waals surface area contributed by atoms with Gasteiger partial charge in [0.15, 0.2) is 12.6 Å². The lowest BCUT2D eigenvalue weighted by Crippen LogP contribution is -2.70. The summed E-state index contributed by atoms with van der Waals surface area (Å²) in [6.07, 6.45) is -15.1. The molecule has 18 heteroatoms. The van der Waals surface area contributed by atoms with Gasteiger partial charge in [-0.3, -0.25) is 4.79 Å². The first-order valence-corrected chi connectivity index (χ1v) is 24.7. The van der Waals surface area contributed by atoms with Crippen LogP contribution >= 0.6 is 0 Å². The van der Waals surface area contributed by atoms with Crippen molar-refractivity contribution in [2.75, 3.05) is 19.8 Å². The smallest absolute Gasteiger partial charge is 0.315 e. The van der Waals surface area contributed by atoms with Crippen molar-refractivity contribution in [3.8, 4) is 0 Å². The minimum atomic E-state index is -1.85. The Morgan fingerprint density at radius 1 is 0.672 bits per heavy atom. The Balaban J connectivity index is 0.989. The largest absolute Gasteiger partial charge is 0.432 e. The molecular formula is C49H80O18. The first kappa shape index (κ1) is 51.9. The van der Waals surface area contributed by atoms with Crippen molar-refractivity contribution in [2.45, 2.75) is 218 Å². The van der Waals surface area contributed by atoms with Crippen LogP contribution in [-0.4, -0.2) is 180 Å². The van der Waals surface area contributed by atoms with E-state index < -0.39 is 128 Å². The fraction of sp³-hybridized carbons (Fsp3) is 0.939. The fourth-order valence-corrected chi connectivity index (χ4v) is 15.2.